The first-order valence-electron chi connectivity index (χ1n) is 8.84. The zero-order chi connectivity index (χ0) is 18.6. The summed E-state index contributed by atoms with van der Waals surface area (Å²) in [5.41, 5.74) is 3.06. The van der Waals surface area contributed by atoms with Gasteiger partial charge in [-0.1, -0.05) is 24.3 Å². The molecule has 2 aromatic carbocycles. The SMILES string of the molecule is Cc1nc(NCCc2c[nH]c3ccccc23)cc(Nc2cccc(F)c2)n1. The molecule has 0 bridgehead atoms. The highest BCUT2D eigenvalue weighted by molar-refractivity contribution is 5.83. The Hall–Kier alpha value is -3.41. The highest BCUT2D eigenvalue weighted by Gasteiger charge is 2.05. The lowest BCUT2D eigenvalue weighted by molar-refractivity contribution is 0.628. The Kier molecular flexibility index (Phi) is 4.70. The van der Waals surface area contributed by atoms with E-state index in [0.29, 0.717) is 17.3 Å². The topological polar surface area (TPSA) is 65.6 Å². The number of fused-ring (bicyclic) bond motifs is 1. The van der Waals surface area contributed by atoms with Gasteiger partial charge in [0.25, 0.3) is 0 Å². The van der Waals surface area contributed by atoms with Crippen LogP contribution in [0.3, 0.4) is 0 Å². The predicted molar refractivity (Wildman–Crippen MR) is 107 cm³/mol. The van der Waals surface area contributed by atoms with Gasteiger partial charge in [0.05, 0.1) is 0 Å². The van der Waals surface area contributed by atoms with E-state index < -0.39 is 0 Å². The van der Waals surface area contributed by atoms with E-state index in [1.807, 2.05) is 25.1 Å². The van der Waals surface area contributed by atoms with Gasteiger partial charge in [-0.05, 0) is 43.2 Å². The maximum Gasteiger partial charge on any atom is 0.136 e. The zero-order valence-electron chi connectivity index (χ0n) is 15.0. The van der Waals surface area contributed by atoms with Gasteiger partial charge in [0.2, 0.25) is 0 Å². The van der Waals surface area contributed by atoms with Crippen LogP contribution in [-0.4, -0.2) is 21.5 Å². The van der Waals surface area contributed by atoms with Crippen molar-refractivity contribution in [3.8, 4) is 0 Å². The van der Waals surface area contributed by atoms with Gasteiger partial charge in [-0.2, -0.15) is 0 Å². The first kappa shape index (κ1) is 17.0. The molecule has 0 saturated heterocycles. The number of halogens is 1. The Morgan fingerprint density at radius 3 is 2.74 bits per heavy atom. The molecule has 6 heteroatoms. The lowest BCUT2D eigenvalue weighted by Gasteiger charge is -2.10. The number of aromatic nitrogens is 3. The minimum atomic E-state index is -0.289. The third kappa shape index (κ3) is 4.06. The summed E-state index contributed by atoms with van der Waals surface area (Å²) >= 11 is 0. The Labute approximate surface area is 156 Å². The van der Waals surface area contributed by atoms with E-state index in [9.17, 15) is 4.39 Å². The third-order valence-electron chi connectivity index (χ3n) is 4.31. The number of nitrogens with one attached hydrogen (secondary N) is 3. The fourth-order valence-electron chi connectivity index (χ4n) is 3.10. The monoisotopic (exact) mass is 361 g/mol. The van der Waals surface area contributed by atoms with Gasteiger partial charge >= 0.3 is 0 Å². The van der Waals surface area contributed by atoms with Gasteiger partial charge in [-0.15, -0.1) is 0 Å². The largest absolute Gasteiger partial charge is 0.370 e. The second-order valence-corrected chi connectivity index (χ2v) is 6.36. The Morgan fingerprint density at radius 2 is 1.85 bits per heavy atom. The van der Waals surface area contributed by atoms with E-state index >= 15 is 0 Å². The summed E-state index contributed by atoms with van der Waals surface area (Å²) in [6, 6.07) is 16.4. The number of nitrogens with zero attached hydrogens (tertiary/aromatic N) is 2. The van der Waals surface area contributed by atoms with Crippen molar-refractivity contribution in [2.45, 2.75) is 13.3 Å². The number of hydrogen-bond acceptors (Lipinski definition) is 4. The van der Waals surface area contributed by atoms with Gasteiger partial charge in [-0.25, -0.2) is 14.4 Å². The molecule has 4 rings (SSSR count). The average Bonchev–Trinajstić information content (AvgIpc) is 3.05. The molecular weight excluding hydrogens is 341 g/mol. The van der Waals surface area contributed by atoms with Crippen LogP contribution in [0, 0.1) is 12.7 Å². The molecule has 5 nitrogen and oxygen atoms in total. The number of rotatable bonds is 6. The summed E-state index contributed by atoms with van der Waals surface area (Å²) in [7, 11) is 0. The van der Waals surface area contributed by atoms with Crippen molar-refractivity contribution in [3.05, 3.63) is 78.0 Å². The van der Waals surface area contributed by atoms with Gasteiger partial charge in [0.15, 0.2) is 0 Å². The average molecular weight is 361 g/mol. The molecule has 0 spiro atoms. The number of H-pyrrole nitrogens is 1. The normalized spacial score (nSPS) is 10.9. The molecular formula is C21H20FN5. The van der Waals surface area contributed by atoms with Crippen LogP contribution >= 0.6 is 0 Å². The smallest absolute Gasteiger partial charge is 0.136 e. The van der Waals surface area contributed by atoms with E-state index in [1.54, 1.807) is 12.1 Å². The van der Waals surface area contributed by atoms with Gasteiger partial charge in [0, 0.05) is 35.4 Å². The van der Waals surface area contributed by atoms with Crippen molar-refractivity contribution in [1.82, 2.24) is 15.0 Å². The third-order valence-corrected chi connectivity index (χ3v) is 4.31. The number of anilines is 3. The van der Waals surface area contributed by atoms with Crippen molar-refractivity contribution >= 4 is 28.2 Å². The number of aromatic amines is 1. The van der Waals surface area contributed by atoms with E-state index in [0.717, 1.165) is 24.3 Å². The maximum atomic E-state index is 13.4. The molecule has 0 aliphatic rings. The summed E-state index contributed by atoms with van der Waals surface area (Å²) in [4.78, 5) is 12.1. The number of para-hydroxylation sites is 1. The van der Waals surface area contributed by atoms with Crippen molar-refractivity contribution < 1.29 is 4.39 Å². The van der Waals surface area contributed by atoms with Crippen molar-refractivity contribution in [2.24, 2.45) is 0 Å². The van der Waals surface area contributed by atoms with Crippen molar-refractivity contribution in [2.75, 3.05) is 17.2 Å². The molecule has 0 radical (unpaired) electrons. The van der Waals surface area contributed by atoms with E-state index in [1.165, 1.54) is 23.1 Å². The zero-order valence-corrected chi connectivity index (χ0v) is 15.0. The number of aryl methyl sites for hydroxylation is 1. The van der Waals surface area contributed by atoms with Crippen LogP contribution in [0.2, 0.25) is 0 Å². The summed E-state index contributed by atoms with van der Waals surface area (Å²) in [6.45, 7) is 2.58. The quantitative estimate of drug-likeness (QED) is 0.461. The lowest BCUT2D eigenvalue weighted by atomic mass is 10.1. The fourth-order valence-corrected chi connectivity index (χ4v) is 3.10. The minimum Gasteiger partial charge on any atom is -0.370 e. The van der Waals surface area contributed by atoms with Crippen LogP contribution < -0.4 is 10.6 Å². The van der Waals surface area contributed by atoms with Crippen LogP contribution in [0.1, 0.15) is 11.4 Å². The molecule has 2 aromatic heterocycles. The molecule has 0 aliphatic carbocycles. The molecule has 0 fully saturated rings. The van der Waals surface area contributed by atoms with Crippen LogP contribution in [0.5, 0.6) is 0 Å². The summed E-state index contributed by atoms with van der Waals surface area (Å²) < 4.78 is 13.4. The second kappa shape index (κ2) is 7.45. The van der Waals surface area contributed by atoms with Crippen LogP contribution in [-0.2, 0) is 6.42 Å². The fraction of sp³-hybridized carbons (Fsp3) is 0.143. The highest BCUT2D eigenvalue weighted by atomic mass is 19.1. The van der Waals surface area contributed by atoms with Crippen molar-refractivity contribution in [1.29, 1.82) is 0 Å². The summed E-state index contributed by atoms with van der Waals surface area (Å²) in [5.74, 6) is 1.72. The van der Waals surface area contributed by atoms with Crippen LogP contribution in [0.15, 0.2) is 60.8 Å². The Morgan fingerprint density at radius 1 is 1.00 bits per heavy atom. The number of hydrogen-bond donors (Lipinski definition) is 3. The molecule has 3 N–H and O–H groups in total. The molecule has 2 heterocycles. The Bertz CT molecular complexity index is 1070. The van der Waals surface area contributed by atoms with Crippen LogP contribution in [0.25, 0.3) is 10.9 Å². The van der Waals surface area contributed by atoms with Crippen LogP contribution in [0.4, 0.5) is 21.7 Å². The molecule has 0 amide bonds. The molecule has 0 unspecified atom stereocenters. The predicted octanol–water partition coefficient (Wildman–Crippen LogP) is 4.80. The first-order valence-corrected chi connectivity index (χ1v) is 8.84. The van der Waals surface area contributed by atoms with Gasteiger partial charge in [0.1, 0.15) is 23.3 Å². The van der Waals surface area contributed by atoms with Gasteiger partial charge < -0.3 is 15.6 Å². The number of benzene rings is 2. The molecule has 136 valence electrons. The van der Waals surface area contributed by atoms with E-state index in [-0.39, 0.29) is 5.82 Å². The van der Waals surface area contributed by atoms with Crippen molar-refractivity contribution in [3.63, 3.8) is 0 Å². The summed E-state index contributed by atoms with van der Waals surface area (Å²) in [6.07, 6.45) is 2.92. The molecule has 0 aliphatic heterocycles. The second-order valence-electron chi connectivity index (χ2n) is 6.36. The standard InChI is InChI=1S/C21H20FN5/c1-14-25-20(12-21(26-14)27-17-6-4-5-16(22)11-17)23-10-9-15-13-24-19-8-3-2-7-18(15)19/h2-8,11-13,24H,9-10H2,1H3,(H2,23,25,26,27). The molecule has 0 saturated carbocycles. The maximum absolute atomic E-state index is 13.4. The minimum absolute atomic E-state index is 0.289. The highest BCUT2D eigenvalue weighted by Crippen LogP contribution is 2.20. The molecule has 27 heavy (non-hydrogen) atoms. The first-order chi connectivity index (χ1) is 13.2. The molecule has 0 atom stereocenters. The Balaban J connectivity index is 1.43. The van der Waals surface area contributed by atoms with E-state index in [4.69, 9.17) is 0 Å². The lowest BCUT2D eigenvalue weighted by Crippen LogP contribution is -2.08. The van der Waals surface area contributed by atoms with E-state index in [2.05, 4.69) is 43.9 Å². The molecule has 4 aromatic rings. The van der Waals surface area contributed by atoms with Gasteiger partial charge in [-0.3, -0.25) is 0 Å². The summed E-state index contributed by atoms with van der Waals surface area (Å²) in [5, 5.41) is 7.71.